The van der Waals surface area contributed by atoms with Crippen LogP contribution in [0.3, 0.4) is 0 Å². The SMILES string of the molecule is Cc1cc(=O)[nH]c(SCC(=O)Nc2ccc(Cl)c(C)c2)n1. The number of halogens is 1. The van der Waals surface area contributed by atoms with Crippen LogP contribution >= 0.6 is 23.4 Å². The van der Waals surface area contributed by atoms with Crippen molar-refractivity contribution in [3.05, 3.63) is 50.9 Å². The van der Waals surface area contributed by atoms with Gasteiger partial charge >= 0.3 is 0 Å². The highest BCUT2D eigenvalue weighted by Gasteiger charge is 2.07. The van der Waals surface area contributed by atoms with Gasteiger partial charge in [0.25, 0.3) is 5.56 Å². The molecule has 0 radical (unpaired) electrons. The van der Waals surface area contributed by atoms with E-state index in [1.807, 2.05) is 6.92 Å². The van der Waals surface area contributed by atoms with Gasteiger partial charge in [-0.25, -0.2) is 4.98 Å². The summed E-state index contributed by atoms with van der Waals surface area (Å²) in [7, 11) is 0. The van der Waals surface area contributed by atoms with Crippen LogP contribution in [0.5, 0.6) is 0 Å². The van der Waals surface area contributed by atoms with Crippen LogP contribution in [0.15, 0.2) is 34.2 Å². The number of aromatic amines is 1. The molecule has 2 aromatic rings. The molecule has 110 valence electrons. The Bertz CT molecular complexity index is 730. The molecule has 5 nitrogen and oxygen atoms in total. The summed E-state index contributed by atoms with van der Waals surface area (Å²) < 4.78 is 0. The number of anilines is 1. The number of hydrogen-bond donors (Lipinski definition) is 2. The van der Waals surface area contributed by atoms with Gasteiger partial charge < -0.3 is 10.3 Å². The Kier molecular flexibility index (Phi) is 5.03. The first kappa shape index (κ1) is 15.6. The fourth-order valence-corrected chi connectivity index (χ4v) is 2.51. The van der Waals surface area contributed by atoms with Gasteiger partial charge in [-0.2, -0.15) is 0 Å². The largest absolute Gasteiger partial charge is 0.325 e. The summed E-state index contributed by atoms with van der Waals surface area (Å²) in [6, 6.07) is 6.68. The molecule has 0 spiro atoms. The van der Waals surface area contributed by atoms with Gasteiger partial charge in [0.2, 0.25) is 5.91 Å². The van der Waals surface area contributed by atoms with Gasteiger partial charge in [-0.15, -0.1) is 0 Å². The number of nitrogens with zero attached hydrogens (tertiary/aromatic N) is 1. The van der Waals surface area contributed by atoms with Crippen molar-refractivity contribution in [1.29, 1.82) is 0 Å². The predicted molar refractivity (Wildman–Crippen MR) is 85.1 cm³/mol. The van der Waals surface area contributed by atoms with E-state index < -0.39 is 0 Å². The minimum absolute atomic E-state index is 0.161. The highest BCUT2D eigenvalue weighted by molar-refractivity contribution is 7.99. The van der Waals surface area contributed by atoms with Gasteiger partial charge in [-0.3, -0.25) is 9.59 Å². The van der Waals surface area contributed by atoms with Crippen molar-refractivity contribution in [3.8, 4) is 0 Å². The molecular formula is C14H14ClN3O2S. The van der Waals surface area contributed by atoms with E-state index >= 15 is 0 Å². The first-order chi connectivity index (χ1) is 9.94. The van der Waals surface area contributed by atoms with E-state index in [0.717, 1.165) is 5.56 Å². The summed E-state index contributed by atoms with van der Waals surface area (Å²) in [6.45, 7) is 3.60. The van der Waals surface area contributed by atoms with Crippen molar-refractivity contribution in [3.63, 3.8) is 0 Å². The molecule has 1 aromatic heterocycles. The monoisotopic (exact) mass is 323 g/mol. The van der Waals surface area contributed by atoms with E-state index in [4.69, 9.17) is 11.6 Å². The molecule has 0 aliphatic heterocycles. The molecule has 0 fully saturated rings. The molecule has 2 rings (SSSR count). The van der Waals surface area contributed by atoms with Crippen LogP contribution in [-0.2, 0) is 4.79 Å². The number of hydrogen-bond acceptors (Lipinski definition) is 4. The number of rotatable bonds is 4. The van der Waals surface area contributed by atoms with Gasteiger partial charge in [-0.05, 0) is 37.6 Å². The normalized spacial score (nSPS) is 10.4. The zero-order chi connectivity index (χ0) is 15.4. The van der Waals surface area contributed by atoms with E-state index in [1.165, 1.54) is 17.8 Å². The molecule has 0 saturated heterocycles. The quantitative estimate of drug-likeness (QED) is 0.670. The molecule has 0 aliphatic carbocycles. The second kappa shape index (κ2) is 6.78. The number of amides is 1. The molecule has 1 aromatic carbocycles. The second-order valence-electron chi connectivity index (χ2n) is 4.49. The molecular weight excluding hydrogens is 310 g/mol. The number of aryl methyl sites for hydroxylation is 2. The lowest BCUT2D eigenvalue weighted by atomic mass is 10.2. The third-order valence-electron chi connectivity index (χ3n) is 2.63. The molecule has 1 amide bonds. The van der Waals surface area contributed by atoms with Crippen molar-refractivity contribution in [2.75, 3.05) is 11.1 Å². The molecule has 0 saturated carbocycles. The molecule has 2 N–H and O–H groups in total. The van der Waals surface area contributed by atoms with Gasteiger partial charge in [0.05, 0.1) is 5.75 Å². The zero-order valence-corrected chi connectivity index (χ0v) is 13.1. The van der Waals surface area contributed by atoms with Crippen LogP contribution in [0.1, 0.15) is 11.3 Å². The number of carbonyl (C=O) groups is 1. The van der Waals surface area contributed by atoms with Crippen LogP contribution in [0.4, 0.5) is 5.69 Å². The number of carbonyl (C=O) groups excluding carboxylic acids is 1. The van der Waals surface area contributed by atoms with Crippen molar-refractivity contribution < 1.29 is 4.79 Å². The smallest absolute Gasteiger partial charge is 0.251 e. The fourth-order valence-electron chi connectivity index (χ4n) is 1.67. The first-order valence-electron chi connectivity index (χ1n) is 6.21. The summed E-state index contributed by atoms with van der Waals surface area (Å²) in [5, 5.41) is 3.86. The Hall–Kier alpha value is -1.79. The maximum Gasteiger partial charge on any atom is 0.251 e. The van der Waals surface area contributed by atoms with Crippen LogP contribution in [0.25, 0.3) is 0 Å². The highest BCUT2D eigenvalue weighted by atomic mass is 35.5. The van der Waals surface area contributed by atoms with E-state index in [2.05, 4.69) is 15.3 Å². The van der Waals surface area contributed by atoms with E-state index in [9.17, 15) is 9.59 Å². The number of H-pyrrole nitrogens is 1. The van der Waals surface area contributed by atoms with Gasteiger partial charge in [0, 0.05) is 22.5 Å². The zero-order valence-electron chi connectivity index (χ0n) is 11.6. The Morgan fingerprint density at radius 3 is 2.81 bits per heavy atom. The van der Waals surface area contributed by atoms with E-state index in [0.29, 0.717) is 21.6 Å². The number of thioether (sulfide) groups is 1. The van der Waals surface area contributed by atoms with Gasteiger partial charge in [-0.1, -0.05) is 23.4 Å². The maximum atomic E-state index is 11.9. The topological polar surface area (TPSA) is 74.8 Å². The Morgan fingerprint density at radius 1 is 1.38 bits per heavy atom. The molecule has 21 heavy (non-hydrogen) atoms. The predicted octanol–water partition coefficient (Wildman–Crippen LogP) is 2.77. The molecule has 0 bridgehead atoms. The summed E-state index contributed by atoms with van der Waals surface area (Å²) in [5.41, 5.74) is 1.98. The average molecular weight is 324 g/mol. The standard InChI is InChI=1S/C14H14ClN3O2S/c1-8-5-10(3-4-11(8)15)17-13(20)7-21-14-16-9(2)6-12(19)18-14/h3-6H,7H2,1-2H3,(H,17,20)(H,16,18,19). The van der Waals surface area contributed by atoms with Crippen molar-refractivity contribution >= 4 is 35.0 Å². The van der Waals surface area contributed by atoms with Crippen LogP contribution in [-0.4, -0.2) is 21.6 Å². The fraction of sp³-hybridized carbons (Fsp3) is 0.214. The molecule has 0 atom stereocenters. The lowest BCUT2D eigenvalue weighted by Crippen LogP contribution is -2.15. The van der Waals surface area contributed by atoms with Crippen molar-refractivity contribution in [2.24, 2.45) is 0 Å². The lowest BCUT2D eigenvalue weighted by Gasteiger charge is -2.07. The molecule has 0 unspecified atom stereocenters. The van der Waals surface area contributed by atoms with Gasteiger partial charge in [0.15, 0.2) is 5.16 Å². The summed E-state index contributed by atoms with van der Waals surface area (Å²) in [4.78, 5) is 29.9. The Morgan fingerprint density at radius 2 is 2.14 bits per heavy atom. The average Bonchev–Trinajstić information content (AvgIpc) is 2.40. The maximum absolute atomic E-state index is 11.9. The lowest BCUT2D eigenvalue weighted by molar-refractivity contribution is -0.113. The van der Waals surface area contributed by atoms with E-state index in [1.54, 1.807) is 25.1 Å². The molecule has 1 heterocycles. The van der Waals surface area contributed by atoms with Crippen LogP contribution in [0, 0.1) is 13.8 Å². The van der Waals surface area contributed by atoms with E-state index in [-0.39, 0.29) is 17.2 Å². The number of aromatic nitrogens is 2. The summed E-state index contributed by atoms with van der Waals surface area (Å²) in [5.74, 6) is -0.0143. The minimum Gasteiger partial charge on any atom is -0.325 e. The highest BCUT2D eigenvalue weighted by Crippen LogP contribution is 2.20. The Labute approximate surface area is 131 Å². The number of nitrogens with one attached hydrogen (secondary N) is 2. The van der Waals surface area contributed by atoms with Crippen molar-refractivity contribution in [2.45, 2.75) is 19.0 Å². The third kappa shape index (κ3) is 4.61. The minimum atomic E-state index is -0.223. The molecule has 7 heteroatoms. The number of benzene rings is 1. The first-order valence-corrected chi connectivity index (χ1v) is 7.57. The Balaban J connectivity index is 1.95. The van der Waals surface area contributed by atoms with Crippen LogP contribution < -0.4 is 10.9 Å². The summed E-state index contributed by atoms with van der Waals surface area (Å²) >= 11 is 7.11. The van der Waals surface area contributed by atoms with Gasteiger partial charge in [0.1, 0.15) is 0 Å². The summed E-state index contributed by atoms with van der Waals surface area (Å²) in [6.07, 6.45) is 0. The second-order valence-corrected chi connectivity index (χ2v) is 5.86. The molecule has 0 aliphatic rings. The van der Waals surface area contributed by atoms with Crippen molar-refractivity contribution in [1.82, 2.24) is 9.97 Å². The third-order valence-corrected chi connectivity index (χ3v) is 3.93. The van der Waals surface area contributed by atoms with Crippen LogP contribution in [0.2, 0.25) is 5.02 Å².